The maximum absolute atomic E-state index is 12.9. The molecular weight excluding hydrogens is 373 g/mol. The minimum absolute atomic E-state index is 0. The highest BCUT2D eigenvalue weighted by atomic mass is 35.5. The maximum atomic E-state index is 12.9. The van der Waals surface area contributed by atoms with Gasteiger partial charge < -0.3 is 15.4 Å². The summed E-state index contributed by atoms with van der Waals surface area (Å²) < 4.78 is 45.4. The number of nitrogens with one attached hydrogen (secondary N) is 2. The van der Waals surface area contributed by atoms with Crippen LogP contribution in [-0.4, -0.2) is 41.5 Å². The van der Waals surface area contributed by atoms with Crippen molar-refractivity contribution in [3.8, 4) is 5.69 Å². The van der Waals surface area contributed by atoms with E-state index in [0.717, 1.165) is 12.1 Å². The van der Waals surface area contributed by atoms with Crippen LogP contribution in [0, 0.1) is 6.92 Å². The van der Waals surface area contributed by atoms with Crippen molar-refractivity contribution in [1.82, 2.24) is 15.1 Å². The normalized spacial score (nSPS) is 17.5. The summed E-state index contributed by atoms with van der Waals surface area (Å²) in [7, 11) is 0. The minimum Gasteiger partial charge on any atom is -0.366 e. The average Bonchev–Trinajstić information content (AvgIpc) is 2.95. The van der Waals surface area contributed by atoms with E-state index in [0.29, 0.717) is 25.4 Å². The van der Waals surface area contributed by atoms with E-state index in [1.54, 1.807) is 13.0 Å². The third kappa shape index (κ3) is 4.54. The summed E-state index contributed by atoms with van der Waals surface area (Å²) in [6, 6.07) is 6.36. The smallest absolute Gasteiger partial charge is 0.366 e. The first-order valence-electron chi connectivity index (χ1n) is 7.72. The molecule has 1 aromatic heterocycles. The van der Waals surface area contributed by atoms with Crippen molar-refractivity contribution in [3.63, 3.8) is 0 Å². The molecule has 1 aliphatic heterocycles. The third-order valence-corrected chi connectivity index (χ3v) is 3.72. The largest absolute Gasteiger partial charge is 0.416 e. The number of hydrogen-bond donors (Lipinski definition) is 2. The fourth-order valence-corrected chi connectivity index (χ4v) is 2.54. The van der Waals surface area contributed by atoms with E-state index in [1.165, 1.54) is 16.8 Å². The zero-order valence-corrected chi connectivity index (χ0v) is 14.7. The lowest BCUT2D eigenvalue weighted by Crippen LogP contribution is -2.45. The molecule has 2 N–H and O–H groups in total. The molecule has 0 saturated carbocycles. The molecule has 0 spiro atoms. The van der Waals surface area contributed by atoms with E-state index in [1.807, 2.05) is 0 Å². The lowest BCUT2D eigenvalue weighted by molar-refractivity contribution is -0.137. The Hall–Kier alpha value is -2.10. The van der Waals surface area contributed by atoms with Gasteiger partial charge in [-0.3, -0.25) is 4.79 Å². The van der Waals surface area contributed by atoms with Crippen LogP contribution < -0.4 is 10.6 Å². The van der Waals surface area contributed by atoms with E-state index in [-0.39, 0.29) is 29.8 Å². The van der Waals surface area contributed by atoms with Gasteiger partial charge in [0.05, 0.1) is 23.6 Å². The molecule has 1 aromatic carbocycles. The van der Waals surface area contributed by atoms with Gasteiger partial charge in [0, 0.05) is 19.2 Å². The number of alkyl halides is 3. The average molecular weight is 391 g/mol. The van der Waals surface area contributed by atoms with Crippen molar-refractivity contribution in [2.24, 2.45) is 0 Å². The Morgan fingerprint density at radius 3 is 2.81 bits per heavy atom. The number of aryl methyl sites for hydroxylation is 1. The summed E-state index contributed by atoms with van der Waals surface area (Å²) >= 11 is 0. The number of amides is 1. The van der Waals surface area contributed by atoms with Gasteiger partial charge in [0.1, 0.15) is 11.9 Å². The van der Waals surface area contributed by atoms with Crippen LogP contribution in [0.3, 0.4) is 0 Å². The van der Waals surface area contributed by atoms with Crippen LogP contribution in [0.15, 0.2) is 30.3 Å². The summed E-state index contributed by atoms with van der Waals surface area (Å²) in [5.74, 6) is -0.0867. The number of halogens is 4. The van der Waals surface area contributed by atoms with Crippen LogP contribution >= 0.6 is 12.4 Å². The fourth-order valence-electron chi connectivity index (χ4n) is 2.54. The number of carbonyl (C=O) groups excluding carboxylic acids is 1. The van der Waals surface area contributed by atoms with Crippen LogP contribution in [0.5, 0.6) is 0 Å². The lowest BCUT2D eigenvalue weighted by Gasteiger charge is -2.22. The minimum atomic E-state index is -4.46. The van der Waals surface area contributed by atoms with E-state index in [4.69, 9.17) is 4.74 Å². The van der Waals surface area contributed by atoms with Crippen molar-refractivity contribution in [2.75, 3.05) is 25.0 Å². The molecule has 1 fully saturated rings. The number of carbonyl (C=O) groups is 1. The molecule has 26 heavy (non-hydrogen) atoms. The first-order valence-corrected chi connectivity index (χ1v) is 7.72. The molecule has 0 bridgehead atoms. The molecule has 0 radical (unpaired) electrons. The Morgan fingerprint density at radius 1 is 1.38 bits per heavy atom. The second-order valence-electron chi connectivity index (χ2n) is 5.68. The quantitative estimate of drug-likeness (QED) is 0.845. The molecule has 0 unspecified atom stereocenters. The van der Waals surface area contributed by atoms with Crippen molar-refractivity contribution >= 4 is 24.1 Å². The highest BCUT2D eigenvalue weighted by Crippen LogP contribution is 2.31. The molecule has 1 atom stereocenters. The molecule has 6 nitrogen and oxygen atoms in total. The van der Waals surface area contributed by atoms with E-state index in [2.05, 4.69) is 15.7 Å². The number of rotatable bonds is 3. The molecule has 0 aliphatic carbocycles. The summed E-state index contributed by atoms with van der Waals surface area (Å²) in [4.78, 5) is 12.3. The number of anilines is 1. The summed E-state index contributed by atoms with van der Waals surface area (Å²) in [5, 5.41) is 9.90. The van der Waals surface area contributed by atoms with Crippen LogP contribution in [-0.2, 0) is 15.7 Å². The number of morpholine rings is 1. The second-order valence-corrected chi connectivity index (χ2v) is 5.68. The van der Waals surface area contributed by atoms with Gasteiger partial charge in [-0.15, -0.1) is 12.4 Å². The zero-order chi connectivity index (χ0) is 18.0. The van der Waals surface area contributed by atoms with Crippen molar-refractivity contribution < 1.29 is 22.7 Å². The molecule has 1 amide bonds. The fraction of sp³-hybridized carbons (Fsp3) is 0.375. The Bertz CT molecular complexity index is 773. The van der Waals surface area contributed by atoms with Crippen LogP contribution in [0.2, 0.25) is 0 Å². The maximum Gasteiger partial charge on any atom is 0.416 e. The predicted octanol–water partition coefficient (Wildman–Crippen LogP) is 2.55. The van der Waals surface area contributed by atoms with Gasteiger partial charge in [0.15, 0.2) is 0 Å². The number of hydrogen-bond acceptors (Lipinski definition) is 4. The van der Waals surface area contributed by atoms with Crippen molar-refractivity contribution in [3.05, 3.63) is 41.6 Å². The van der Waals surface area contributed by atoms with Gasteiger partial charge in [-0.2, -0.15) is 18.3 Å². The molecule has 2 aromatic rings. The van der Waals surface area contributed by atoms with Gasteiger partial charge in [0.2, 0.25) is 0 Å². The van der Waals surface area contributed by atoms with Crippen molar-refractivity contribution in [2.45, 2.75) is 19.2 Å². The van der Waals surface area contributed by atoms with E-state index < -0.39 is 17.8 Å². The van der Waals surface area contributed by atoms with E-state index in [9.17, 15) is 18.0 Å². The van der Waals surface area contributed by atoms with Gasteiger partial charge >= 0.3 is 6.18 Å². The Balaban J connectivity index is 0.00000243. The molecule has 1 aliphatic rings. The number of nitrogens with zero attached hydrogens (tertiary/aromatic N) is 2. The Kier molecular flexibility index (Phi) is 6.27. The highest BCUT2D eigenvalue weighted by molar-refractivity contribution is 5.94. The van der Waals surface area contributed by atoms with Crippen LogP contribution in [0.1, 0.15) is 11.3 Å². The Labute approximate surface area is 154 Å². The summed E-state index contributed by atoms with van der Waals surface area (Å²) in [6.07, 6.45) is -5.11. The first kappa shape index (κ1) is 20.2. The molecule has 3 rings (SSSR count). The molecule has 1 saturated heterocycles. The predicted molar refractivity (Wildman–Crippen MR) is 91.8 cm³/mol. The summed E-state index contributed by atoms with van der Waals surface area (Å²) in [6.45, 7) is 3.16. The van der Waals surface area contributed by atoms with Crippen LogP contribution in [0.4, 0.5) is 19.0 Å². The molecule has 10 heteroatoms. The topological polar surface area (TPSA) is 68.2 Å². The zero-order valence-electron chi connectivity index (χ0n) is 13.8. The first-order chi connectivity index (χ1) is 11.8. The van der Waals surface area contributed by atoms with Crippen LogP contribution in [0.25, 0.3) is 5.69 Å². The number of ether oxygens (including phenoxy) is 1. The highest BCUT2D eigenvalue weighted by Gasteiger charge is 2.31. The SMILES string of the molecule is Cc1cc(NC(=O)[C@H]2CNCCO2)n(-c2cccc(C(F)(F)F)c2)n1.Cl. The Morgan fingerprint density at radius 2 is 2.15 bits per heavy atom. The van der Waals surface area contributed by atoms with Gasteiger partial charge in [-0.25, -0.2) is 4.68 Å². The molecule has 142 valence electrons. The third-order valence-electron chi connectivity index (χ3n) is 3.72. The number of aromatic nitrogens is 2. The molecule has 2 heterocycles. The number of benzene rings is 1. The molecular formula is C16H18ClF3N4O2. The van der Waals surface area contributed by atoms with Gasteiger partial charge in [0.25, 0.3) is 5.91 Å². The second kappa shape index (κ2) is 8.07. The standard InChI is InChI=1S/C16H17F3N4O2.ClH/c1-10-7-14(21-15(24)13-9-20-5-6-25-13)23(22-10)12-4-2-3-11(8-12)16(17,18)19;/h2-4,7-8,13,20H,5-6,9H2,1H3,(H,21,24);1H/t13-;/m1./s1. The van der Waals surface area contributed by atoms with Gasteiger partial charge in [-0.1, -0.05) is 6.07 Å². The summed E-state index contributed by atoms with van der Waals surface area (Å²) in [5.41, 5.74) is -0.00782. The van der Waals surface area contributed by atoms with E-state index >= 15 is 0 Å². The monoisotopic (exact) mass is 390 g/mol. The van der Waals surface area contributed by atoms with Crippen molar-refractivity contribution in [1.29, 1.82) is 0 Å². The van der Waals surface area contributed by atoms with Gasteiger partial charge in [-0.05, 0) is 25.1 Å². The lowest BCUT2D eigenvalue weighted by atomic mass is 10.2.